The van der Waals surface area contributed by atoms with Crippen molar-refractivity contribution in [3.05, 3.63) is 24.0 Å². The molecule has 0 aromatic carbocycles. The third-order valence-corrected chi connectivity index (χ3v) is 2.17. The number of pyridine rings is 1. The van der Waals surface area contributed by atoms with E-state index in [1.165, 1.54) is 42.4 Å². The van der Waals surface area contributed by atoms with E-state index in [-0.39, 0.29) is 11.3 Å². The number of aromatic nitrogens is 1. The molecule has 1 unspecified atom stereocenters. The van der Waals surface area contributed by atoms with Gasteiger partial charge in [-0.1, -0.05) is 0 Å². The second-order valence-electron chi connectivity index (χ2n) is 2.67. The number of hydrogen-bond donors (Lipinski definition) is 0. The summed E-state index contributed by atoms with van der Waals surface area (Å²) in [5, 5.41) is 0. The minimum atomic E-state index is -4.46. The van der Waals surface area contributed by atoms with Gasteiger partial charge in [-0.3, -0.25) is 8.05 Å². The van der Waals surface area contributed by atoms with Crippen molar-refractivity contribution in [1.82, 2.24) is 4.98 Å². The van der Waals surface area contributed by atoms with Crippen molar-refractivity contribution in [2.24, 2.45) is 0 Å². The van der Waals surface area contributed by atoms with Gasteiger partial charge in [0.05, 0.1) is 13.3 Å². The summed E-state index contributed by atoms with van der Waals surface area (Å²) in [6.45, 7) is 0. The van der Waals surface area contributed by atoms with Gasteiger partial charge in [-0.25, -0.2) is 0 Å². The summed E-state index contributed by atoms with van der Waals surface area (Å²) < 4.78 is 46.5. The molecule has 1 rings (SSSR count). The number of alkyl halides is 3. The minimum Gasteiger partial charge on any atom is -0.495 e. The lowest BCUT2D eigenvalue weighted by Crippen LogP contribution is -2.21. The summed E-state index contributed by atoms with van der Waals surface area (Å²) in [5.41, 5.74) is -0.0868. The molecule has 1 aromatic heterocycles. The maximum absolute atomic E-state index is 12.4. The van der Waals surface area contributed by atoms with Crippen LogP contribution in [0.1, 0.15) is 11.7 Å². The minimum absolute atomic E-state index is 0.0868. The standard InChI is InChI=1S/C8H7F3INO2/c1-14-6-2-5(3-13-4-6)7(15-12)8(9,10)11/h2-4,7H,1H3. The number of hydrogen-bond acceptors (Lipinski definition) is 3. The smallest absolute Gasteiger partial charge is 0.419 e. The summed E-state index contributed by atoms with van der Waals surface area (Å²) in [7, 11) is 1.36. The number of ether oxygens (including phenoxy) is 1. The predicted octanol–water partition coefficient (Wildman–Crippen LogP) is 3.06. The third kappa shape index (κ3) is 3.20. The van der Waals surface area contributed by atoms with Crippen molar-refractivity contribution in [1.29, 1.82) is 0 Å². The Hall–Kier alpha value is -0.570. The Morgan fingerprint density at radius 3 is 2.53 bits per heavy atom. The molecule has 0 aliphatic rings. The first-order valence-corrected chi connectivity index (χ1v) is 4.70. The molecule has 1 atom stereocenters. The molecule has 0 aliphatic heterocycles. The molecule has 0 radical (unpaired) electrons. The summed E-state index contributed by atoms with van der Waals surface area (Å²) in [6.07, 6.45) is -4.03. The van der Waals surface area contributed by atoms with Gasteiger partial charge in [-0.05, 0) is 6.07 Å². The highest BCUT2D eigenvalue weighted by Gasteiger charge is 2.42. The number of nitrogens with zero attached hydrogens (tertiary/aromatic N) is 1. The number of rotatable bonds is 3. The van der Waals surface area contributed by atoms with Gasteiger partial charge < -0.3 is 4.74 Å². The van der Waals surface area contributed by atoms with Crippen molar-refractivity contribution >= 4 is 23.0 Å². The van der Waals surface area contributed by atoms with Gasteiger partial charge in [0.15, 0.2) is 6.10 Å². The van der Waals surface area contributed by atoms with Crippen LogP contribution in [-0.2, 0) is 3.07 Å². The maximum Gasteiger partial charge on any atom is 0.419 e. The Balaban J connectivity index is 3.02. The molecule has 0 N–H and O–H groups in total. The van der Waals surface area contributed by atoms with Crippen LogP contribution in [0.15, 0.2) is 18.5 Å². The Morgan fingerprint density at radius 1 is 1.40 bits per heavy atom. The van der Waals surface area contributed by atoms with Gasteiger partial charge in [0.25, 0.3) is 0 Å². The van der Waals surface area contributed by atoms with Crippen molar-refractivity contribution in [3.8, 4) is 5.75 Å². The van der Waals surface area contributed by atoms with E-state index in [4.69, 9.17) is 4.74 Å². The molecular formula is C8H7F3INO2. The van der Waals surface area contributed by atoms with Crippen LogP contribution in [0, 0.1) is 0 Å². The molecule has 0 spiro atoms. The Kier molecular flexibility index (Phi) is 4.14. The lowest BCUT2D eigenvalue weighted by atomic mass is 10.1. The normalized spacial score (nSPS) is 13.7. The van der Waals surface area contributed by atoms with Crippen LogP contribution in [0.3, 0.4) is 0 Å². The summed E-state index contributed by atoms with van der Waals surface area (Å²) in [4.78, 5) is 3.63. The van der Waals surface area contributed by atoms with E-state index < -0.39 is 12.3 Å². The molecule has 3 nitrogen and oxygen atoms in total. The zero-order chi connectivity index (χ0) is 11.5. The van der Waals surface area contributed by atoms with E-state index in [2.05, 4.69) is 8.05 Å². The zero-order valence-electron chi connectivity index (χ0n) is 7.58. The molecule has 0 aliphatic carbocycles. The fourth-order valence-corrected chi connectivity index (χ4v) is 1.56. The van der Waals surface area contributed by atoms with Crippen LogP contribution < -0.4 is 4.74 Å². The average molecular weight is 333 g/mol. The number of halogens is 4. The summed E-state index contributed by atoms with van der Waals surface area (Å²) in [5.74, 6) is 0.259. The van der Waals surface area contributed by atoms with Gasteiger partial charge in [-0.2, -0.15) is 13.2 Å². The van der Waals surface area contributed by atoms with Crippen LogP contribution >= 0.6 is 23.0 Å². The van der Waals surface area contributed by atoms with Crippen molar-refractivity contribution in [2.45, 2.75) is 12.3 Å². The first-order chi connectivity index (χ1) is 6.99. The zero-order valence-corrected chi connectivity index (χ0v) is 9.74. The average Bonchev–Trinajstić information content (AvgIpc) is 2.17. The van der Waals surface area contributed by atoms with Crippen LogP contribution in [-0.4, -0.2) is 18.3 Å². The highest BCUT2D eigenvalue weighted by molar-refractivity contribution is 14.1. The first-order valence-electron chi connectivity index (χ1n) is 3.82. The molecule has 7 heteroatoms. The van der Waals surface area contributed by atoms with Crippen molar-refractivity contribution in [2.75, 3.05) is 7.11 Å². The molecule has 0 amide bonds. The van der Waals surface area contributed by atoms with E-state index in [9.17, 15) is 13.2 Å². The second-order valence-corrected chi connectivity index (χ2v) is 3.18. The van der Waals surface area contributed by atoms with Gasteiger partial charge >= 0.3 is 6.18 Å². The van der Waals surface area contributed by atoms with Crippen molar-refractivity contribution in [3.63, 3.8) is 0 Å². The van der Waals surface area contributed by atoms with Crippen LogP contribution in [0.4, 0.5) is 13.2 Å². The van der Waals surface area contributed by atoms with Crippen LogP contribution in [0.25, 0.3) is 0 Å². The molecule has 0 fully saturated rings. The molecule has 0 saturated heterocycles. The summed E-state index contributed by atoms with van der Waals surface area (Å²) >= 11 is 1.21. The lowest BCUT2D eigenvalue weighted by Gasteiger charge is -2.17. The highest BCUT2D eigenvalue weighted by atomic mass is 127. The monoisotopic (exact) mass is 333 g/mol. The van der Waals surface area contributed by atoms with E-state index in [0.717, 1.165) is 6.20 Å². The predicted molar refractivity (Wildman–Crippen MR) is 54.7 cm³/mol. The van der Waals surface area contributed by atoms with E-state index in [0.29, 0.717) is 0 Å². The fraction of sp³-hybridized carbons (Fsp3) is 0.375. The van der Waals surface area contributed by atoms with E-state index >= 15 is 0 Å². The quantitative estimate of drug-likeness (QED) is 0.797. The lowest BCUT2D eigenvalue weighted by molar-refractivity contribution is -0.189. The molecule has 84 valence electrons. The van der Waals surface area contributed by atoms with Gasteiger partial charge in [0.2, 0.25) is 0 Å². The Bertz CT molecular complexity index is 332. The molecule has 1 aromatic rings. The second kappa shape index (κ2) is 4.97. The van der Waals surface area contributed by atoms with Crippen molar-refractivity contribution < 1.29 is 21.0 Å². The Labute approximate surface area is 98.3 Å². The first kappa shape index (κ1) is 12.5. The van der Waals surface area contributed by atoms with E-state index in [1.807, 2.05) is 0 Å². The molecular weight excluding hydrogens is 326 g/mol. The third-order valence-electron chi connectivity index (χ3n) is 1.66. The highest BCUT2D eigenvalue weighted by Crippen LogP contribution is 2.37. The SMILES string of the molecule is COc1cncc(C(OI)C(F)(F)F)c1. The molecule has 1 heterocycles. The largest absolute Gasteiger partial charge is 0.495 e. The Morgan fingerprint density at radius 2 is 2.07 bits per heavy atom. The summed E-state index contributed by atoms with van der Waals surface area (Å²) in [6, 6.07) is 1.24. The van der Waals surface area contributed by atoms with Gasteiger partial charge in [-0.15, -0.1) is 0 Å². The van der Waals surface area contributed by atoms with Gasteiger partial charge in [0.1, 0.15) is 28.8 Å². The molecule has 15 heavy (non-hydrogen) atoms. The number of methoxy groups -OCH3 is 1. The van der Waals surface area contributed by atoms with E-state index in [1.54, 1.807) is 0 Å². The maximum atomic E-state index is 12.4. The fourth-order valence-electron chi connectivity index (χ4n) is 0.982. The molecule has 0 saturated carbocycles. The molecule has 0 bridgehead atoms. The van der Waals surface area contributed by atoms with Crippen LogP contribution in [0.2, 0.25) is 0 Å². The topological polar surface area (TPSA) is 31.4 Å². The van der Waals surface area contributed by atoms with Crippen LogP contribution in [0.5, 0.6) is 5.75 Å². The van der Waals surface area contributed by atoms with Gasteiger partial charge in [0, 0.05) is 11.8 Å².